The molecule has 0 saturated carbocycles. The number of aliphatic hydroxyl groups excluding tert-OH is 1. The van der Waals surface area contributed by atoms with E-state index < -0.39 is 12.3 Å². The summed E-state index contributed by atoms with van der Waals surface area (Å²) in [6, 6.07) is 5.46. The van der Waals surface area contributed by atoms with Gasteiger partial charge in [-0.2, -0.15) is 0 Å². The van der Waals surface area contributed by atoms with Gasteiger partial charge in [-0.1, -0.05) is 26.0 Å². The van der Waals surface area contributed by atoms with Crippen molar-refractivity contribution in [1.29, 1.82) is 0 Å². The molecule has 2 atom stereocenters. The van der Waals surface area contributed by atoms with E-state index in [-0.39, 0.29) is 5.78 Å². The predicted molar refractivity (Wildman–Crippen MR) is 77.8 cm³/mol. The van der Waals surface area contributed by atoms with Gasteiger partial charge in [0.05, 0.1) is 0 Å². The standard InChI is InChI=1S/C16H23NO3/c1-10(2)9-14(19)16(17)20-15-8-4-5-11-12(15)6-3-7-13(11)18/h4-5,8,10,14,16,19H,3,6-7,9,17H2,1-2H3. The van der Waals surface area contributed by atoms with Crippen molar-refractivity contribution < 1.29 is 14.6 Å². The van der Waals surface area contributed by atoms with Crippen LogP contribution in [-0.2, 0) is 6.42 Å². The summed E-state index contributed by atoms with van der Waals surface area (Å²) in [6.45, 7) is 4.05. The number of hydrogen-bond acceptors (Lipinski definition) is 4. The maximum Gasteiger partial charge on any atom is 0.173 e. The Morgan fingerprint density at radius 1 is 1.35 bits per heavy atom. The van der Waals surface area contributed by atoms with E-state index in [9.17, 15) is 9.90 Å². The van der Waals surface area contributed by atoms with E-state index in [4.69, 9.17) is 10.5 Å². The molecule has 2 rings (SSSR count). The number of hydrogen-bond donors (Lipinski definition) is 2. The third kappa shape index (κ3) is 3.38. The van der Waals surface area contributed by atoms with Crippen molar-refractivity contribution in [3.05, 3.63) is 29.3 Å². The normalized spacial score (nSPS) is 17.8. The zero-order chi connectivity index (χ0) is 14.7. The molecular formula is C16H23NO3. The minimum atomic E-state index is -0.763. The molecule has 1 aliphatic rings. The SMILES string of the molecule is CC(C)CC(O)C(N)Oc1cccc2c1CCCC2=O. The molecule has 0 radical (unpaired) electrons. The van der Waals surface area contributed by atoms with Crippen molar-refractivity contribution in [2.45, 2.75) is 51.9 Å². The lowest BCUT2D eigenvalue weighted by atomic mass is 9.90. The fourth-order valence-electron chi connectivity index (χ4n) is 2.60. The molecular weight excluding hydrogens is 254 g/mol. The topological polar surface area (TPSA) is 72.6 Å². The Labute approximate surface area is 119 Å². The van der Waals surface area contributed by atoms with E-state index in [1.165, 1.54) is 0 Å². The molecule has 20 heavy (non-hydrogen) atoms. The Bertz CT molecular complexity index is 485. The molecule has 1 aliphatic carbocycles. The molecule has 4 nitrogen and oxygen atoms in total. The van der Waals surface area contributed by atoms with E-state index in [1.807, 2.05) is 26.0 Å². The highest BCUT2D eigenvalue weighted by Gasteiger charge is 2.23. The van der Waals surface area contributed by atoms with E-state index in [0.29, 0.717) is 24.5 Å². The molecule has 0 saturated heterocycles. The first-order valence-electron chi connectivity index (χ1n) is 7.24. The maximum atomic E-state index is 11.9. The van der Waals surface area contributed by atoms with Crippen LogP contribution in [0.5, 0.6) is 5.75 Å². The maximum absolute atomic E-state index is 11.9. The van der Waals surface area contributed by atoms with Crippen LogP contribution in [0.4, 0.5) is 0 Å². The van der Waals surface area contributed by atoms with Gasteiger partial charge in [0.2, 0.25) is 0 Å². The molecule has 0 aliphatic heterocycles. The molecule has 1 aromatic rings. The zero-order valence-corrected chi connectivity index (χ0v) is 12.1. The summed E-state index contributed by atoms with van der Waals surface area (Å²) in [5, 5.41) is 9.99. The first kappa shape index (κ1) is 15.0. The number of ketones is 1. The Balaban J connectivity index is 2.14. The van der Waals surface area contributed by atoms with Gasteiger partial charge in [-0.25, -0.2) is 0 Å². The second kappa shape index (κ2) is 6.37. The highest BCUT2D eigenvalue weighted by Crippen LogP contribution is 2.30. The molecule has 0 bridgehead atoms. The lowest BCUT2D eigenvalue weighted by Crippen LogP contribution is -2.40. The van der Waals surface area contributed by atoms with Crippen LogP contribution in [0.3, 0.4) is 0 Å². The lowest BCUT2D eigenvalue weighted by Gasteiger charge is -2.25. The quantitative estimate of drug-likeness (QED) is 0.810. The summed E-state index contributed by atoms with van der Waals surface area (Å²) in [6.07, 6.45) is 1.39. The number of carbonyl (C=O) groups is 1. The van der Waals surface area contributed by atoms with Crippen LogP contribution < -0.4 is 10.5 Å². The van der Waals surface area contributed by atoms with Gasteiger partial charge in [-0.3, -0.25) is 10.5 Å². The van der Waals surface area contributed by atoms with Gasteiger partial charge in [0.1, 0.15) is 11.9 Å². The minimum absolute atomic E-state index is 0.160. The number of rotatable bonds is 5. The van der Waals surface area contributed by atoms with Crippen molar-refractivity contribution in [3.8, 4) is 5.75 Å². The largest absolute Gasteiger partial charge is 0.472 e. The molecule has 0 aromatic heterocycles. The van der Waals surface area contributed by atoms with Crippen LogP contribution in [0.2, 0.25) is 0 Å². The van der Waals surface area contributed by atoms with Crippen LogP contribution in [-0.4, -0.2) is 23.2 Å². The van der Waals surface area contributed by atoms with Gasteiger partial charge >= 0.3 is 0 Å². The second-order valence-corrected chi connectivity index (χ2v) is 5.84. The van der Waals surface area contributed by atoms with E-state index in [0.717, 1.165) is 24.0 Å². The highest BCUT2D eigenvalue weighted by atomic mass is 16.5. The fourth-order valence-corrected chi connectivity index (χ4v) is 2.60. The third-order valence-electron chi connectivity index (χ3n) is 3.62. The molecule has 0 amide bonds. The van der Waals surface area contributed by atoms with E-state index >= 15 is 0 Å². The molecule has 2 unspecified atom stereocenters. The summed E-state index contributed by atoms with van der Waals surface area (Å²) in [5.41, 5.74) is 7.57. The van der Waals surface area contributed by atoms with Crippen molar-refractivity contribution in [2.75, 3.05) is 0 Å². The summed E-state index contributed by atoms with van der Waals surface area (Å²) in [4.78, 5) is 11.9. The van der Waals surface area contributed by atoms with Crippen molar-refractivity contribution in [3.63, 3.8) is 0 Å². The van der Waals surface area contributed by atoms with Crippen molar-refractivity contribution in [1.82, 2.24) is 0 Å². The van der Waals surface area contributed by atoms with Crippen molar-refractivity contribution >= 4 is 5.78 Å². The average Bonchev–Trinajstić information content (AvgIpc) is 2.39. The van der Waals surface area contributed by atoms with Gasteiger partial charge in [0.25, 0.3) is 0 Å². The van der Waals surface area contributed by atoms with Gasteiger partial charge in [0, 0.05) is 17.5 Å². The molecule has 110 valence electrons. The molecule has 0 fully saturated rings. The van der Waals surface area contributed by atoms with Crippen molar-refractivity contribution in [2.24, 2.45) is 11.7 Å². The number of carbonyl (C=O) groups excluding carboxylic acids is 1. The Morgan fingerprint density at radius 3 is 2.80 bits per heavy atom. The number of aliphatic hydroxyl groups is 1. The number of fused-ring (bicyclic) bond motifs is 1. The predicted octanol–water partition coefficient (Wildman–Crippen LogP) is 2.28. The number of ether oxygens (including phenoxy) is 1. The number of nitrogens with two attached hydrogens (primary N) is 1. The fraction of sp³-hybridized carbons (Fsp3) is 0.562. The average molecular weight is 277 g/mol. The van der Waals surface area contributed by atoms with E-state index in [2.05, 4.69) is 0 Å². The summed E-state index contributed by atoms with van der Waals surface area (Å²) in [5.74, 6) is 1.14. The Kier molecular flexibility index (Phi) is 4.78. The lowest BCUT2D eigenvalue weighted by molar-refractivity contribution is 0.0262. The van der Waals surface area contributed by atoms with Gasteiger partial charge in [0.15, 0.2) is 12.0 Å². The molecule has 4 heteroatoms. The Morgan fingerprint density at radius 2 is 2.10 bits per heavy atom. The first-order chi connectivity index (χ1) is 9.49. The number of benzene rings is 1. The van der Waals surface area contributed by atoms with Crippen LogP contribution in [0.1, 0.15) is 49.0 Å². The van der Waals surface area contributed by atoms with E-state index in [1.54, 1.807) is 6.07 Å². The zero-order valence-electron chi connectivity index (χ0n) is 12.1. The molecule has 3 N–H and O–H groups in total. The molecule has 1 aromatic carbocycles. The smallest absolute Gasteiger partial charge is 0.173 e. The summed E-state index contributed by atoms with van der Waals surface area (Å²) < 4.78 is 5.70. The minimum Gasteiger partial charge on any atom is -0.472 e. The summed E-state index contributed by atoms with van der Waals surface area (Å²) >= 11 is 0. The molecule has 0 heterocycles. The molecule has 0 spiro atoms. The highest BCUT2D eigenvalue weighted by molar-refractivity contribution is 5.99. The van der Waals surface area contributed by atoms with Gasteiger partial charge in [-0.15, -0.1) is 0 Å². The van der Waals surface area contributed by atoms with Crippen LogP contribution >= 0.6 is 0 Å². The van der Waals surface area contributed by atoms with Gasteiger partial charge in [-0.05, 0) is 31.2 Å². The van der Waals surface area contributed by atoms with Gasteiger partial charge < -0.3 is 9.84 Å². The number of Topliss-reactive ketones (excluding diaryl/α,β-unsaturated/α-hetero) is 1. The van der Waals surface area contributed by atoms with Crippen LogP contribution in [0.15, 0.2) is 18.2 Å². The second-order valence-electron chi connectivity index (χ2n) is 5.84. The monoisotopic (exact) mass is 277 g/mol. The third-order valence-corrected chi connectivity index (χ3v) is 3.62. The van der Waals surface area contributed by atoms with Crippen LogP contribution in [0.25, 0.3) is 0 Å². The summed E-state index contributed by atoms with van der Waals surface area (Å²) in [7, 11) is 0. The Hall–Kier alpha value is -1.39. The first-order valence-corrected chi connectivity index (χ1v) is 7.24. The van der Waals surface area contributed by atoms with Crippen LogP contribution in [0, 0.1) is 5.92 Å².